The number of fused-ring (bicyclic) bond motifs is 1. The van der Waals surface area contributed by atoms with Gasteiger partial charge < -0.3 is 10.4 Å². The van der Waals surface area contributed by atoms with Gasteiger partial charge in [0.2, 0.25) is 0 Å². The monoisotopic (exact) mass is 405 g/mol. The molecule has 4 heteroatoms. The Bertz CT molecular complexity index is 1030. The van der Waals surface area contributed by atoms with Gasteiger partial charge in [-0.05, 0) is 66.7 Å². The van der Waals surface area contributed by atoms with E-state index in [9.17, 15) is 9.18 Å². The minimum atomic E-state index is -0.758. The first-order chi connectivity index (χ1) is 14.5. The first kappa shape index (κ1) is 20.5. The van der Waals surface area contributed by atoms with Crippen LogP contribution in [-0.4, -0.2) is 17.1 Å². The number of carbonyl (C=O) groups is 1. The Morgan fingerprint density at radius 2 is 1.80 bits per heavy atom. The van der Waals surface area contributed by atoms with Gasteiger partial charge in [-0.15, -0.1) is 0 Å². The highest BCUT2D eigenvalue weighted by atomic mass is 19.1. The van der Waals surface area contributed by atoms with Crippen molar-refractivity contribution in [3.8, 4) is 0 Å². The maximum atomic E-state index is 14.1. The van der Waals surface area contributed by atoms with Gasteiger partial charge in [-0.25, -0.2) is 4.39 Å². The summed E-state index contributed by atoms with van der Waals surface area (Å²) in [5, 5.41) is 14.2. The number of halogens is 1. The Hall–Kier alpha value is -2.72. The lowest BCUT2D eigenvalue weighted by atomic mass is 9.95. The molecule has 3 aromatic carbocycles. The topological polar surface area (TPSA) is 49.3 Å². The molecular formula is C26H28FNO2. The normalized spacial score (nSPS) is 19.8. The van der Waals surface area contributed by atoms with Gasteiger partial charge in [-0.3, -0.25) is 4.79 Å². The molecule has 0 spiro atoms. The van der Waals surface area contributed by atoms with Gasteiger partial charge in [0.15, 0.2) is 0 Å². The van der Waals surface area contributed by atoms with Crippen molar-refractivity contribution in [1.29, 1.82) is 0 Å². The van der Waals surface area contributed by atoms with Crippen LogP contribution in [0.1, 0.15) is 61.3 Å². The second-order valence-electron chi connectivity index (χ2n) is 8.41. The van der Waals surface area contributed by atoms with Crippen LogP contribution in [0.3, 0.4) is 0 Å². The third kappa shape index (κ3) is 4.54. The molecule has 2 N–H and O–H groups in total. The zero-order chi connectivity index (χ0) is 21.1. The number of hydrogen-bond donors (Lipinski definition) is 2. The fraction of sp³-hybridized carbons (Fsp3) is 0.346. The molecule has 30 heavy (non-hydrogen) atoms. The molecule has 156 valence electrons. The van der Waals surface area contributed by atoms with Crippen LogP contribution in [0.15, 0.2) is 60.7 Å². The van der Waals surface area contributed by atoms with Crippen LogP contribution in [-0.2, 0) is 11.2 Å². The van der Waals surface area contributed by atoms with Crippen LogP contribution in [0, 0.1) is 5.82 Å². The fourth-order valence-electron chi connectivity index (χ4n) is 4.75. The van der Waals surface area contributed by atoms with Crippen molar-refractivity contribution in [2.24, 2.45) is 0 Å². The number of aliphatic carboxylic acids is 1. The summed E-state index contributed by atoms with van der Waals surface area (Å²) in [5.74, 6) is -0.408. The fourth-order valence-corrected chi connectivity index (χ4v) is 4.75. The highest BCUT2D eigenvalue weighted by molar-refractivity contribution is 5.86. The summed E-state index contributed by atoms with van der Waals surface area (Å²) < 4.78 is 14.1. The summed E-state index contributed by atoms with van der Waals surface area (Å²) >= 11 is 0. The van der Waals surface area contributed by atoms with E-state index < -0.39 is 5.97 Å². The Morgan fingerprint density at radius 3 is 2.53 bits per heavy atom. The Labute approximate surface area is 176 Å². The molecule has 4 rings (SSSR count). The molecule has 1 fully saturated rings. The Morgan fingerprint density at radius 1 is 1.07 bits per heavy atom. The van der Waals surface area contributed by atoms with Gasteiger partial charge in [0, 0.05) is 23.9 Å². The zero-order valence-corrected chi connectivity index (χ0v) is 17.3. The molecule has 0 radical (unpaired) electrons. The summed E-state index contributed by atoms with van der Waals surface area (Å²) in [7, 11) is 0. The van der Waals surface area contributed by atoms with Gasteiger partial charge in [0.05, 0.1) is 0 Å². The largest absolute Gasteiger partial charge is 0.481 e. The summed E-state index contributed by atoms with van der Waals surface area (Å²) in [6.45, 7) is 2.16. The van der Waals surface area contributed by atoms with E-state index >= 15 is 0 Å². The zero-order valence-electron chi connectivity index (χ0n) is 17.3. The predicted molar refractivity (Wildman–Crippen MR) is 118 cm³/mol. The third-order valence-electron chi connectivity index (χ3n) is 6.37. The van der Waals surface area contributed by atoms with Gasteiger partial charge in [-0.2, -0.15) is 0 Å². The van der Waals surface area contributed by atoms with Crippen LogP contribution >= 0.6 is 0 Å². The minimum Gasteiger partial charge on any atom is -0.481 e. The number of benzene rings is 3. The Kier molecular flexibility index (Phi) is 6.14. The molecule has 3 aromatic rings. The molecule has 0 amide bonds. The quantitative estimate of drug-likeness (QED) is 0.508. The number of nitrogens with one attached hydrogen (secondary N) is 1. The molecule has 1 saturated carbocycles. The lowest BCUT2D eigenvalue weighted by molar-refractivity contribution is -0.136. The molecule has 1 aliphatic carbocycles. The van der Waals surface area contributed by atoms with Gasteiger partial charge >= 0.3 is 5.97 Å². The van der Waals surface area contributed by atoms with E-state index in [0.717, 1.165) is 35.8 Å². The molecular weight excluding hydrogens is 377 g/mol. The highest BCUT2D eigenvalue weighted by Gasteiger charge is 2.27. The van der Waals surface area contributed by atoms with E-state index in [0.29, 0.717) is 23.8 Å². The number of hydrogen-bond acceptors (Lipinski definition) is 2. The number of carboxylic acids is 1. The SMILES string of the molecule is CC(NC1CC[C@H](c2ccc(CCC(=O)O)cc2)C1)c1ccc(F)c2ccccc12. The molecule has 1 aliphatic rings. The van der Waals surface area contributed by atoms with E-state index in [-0.39, 0.29) is 18.3 Å². The van der Waals surface area contributed by atoms with Crippen molar-refractivity contribution >= 4 is 16.7 Å². The molecule has 0 heterocycles. The van der Waals surface area contributed by atoms with E-state index in [1.54, 1.807) is 6.07 Å². The van der Waals surface area contributed by atoms with E-state index in [2.05, 4.69) is 36.5 Å². The average Bonchev–Trinajstić information content (AvgIpc) is 3.21. The molecule has 3 atom stereocenters. The second kappa shape index (κ2) is 8.97. The standard InChI is InChI=1S/C26H28FNO2/c1-17(22-13-14-25(27)24-5-3-2-4-23(22)24)28-21-12-11-20(16-21)19-9-6-18(7-10-19)8-15-26(29)30/h2-7,9-10,13-14,17,20-21,28H,8,11-12,15-16H2,1H3,(H,29,30)/t17?,20-,21?/m0/s1. The first-order valence-electron chi connectivity index (χ1n) is 10.7. The maximum Gasteiger partial charge on any atom is 0.303 e. The highest BCUT2D eigenvalue weighted by Crippen LogP contribution is 2.36. The number of rotatable bonds is 7. The summed E-state index contributed by atoms with van der Waals surface area (Å²) in [5.41, 5.74) is 3.54. The third-order valence-corrected chi connectivity index (χ3v) is 6.37. The van der Waals surface area contributed by atoms with Crippen LogP contribution in [0.25, 0.3) is 10.8 Å². The first-order valence-corrected chi connectivity index (χ1v) is 10.7. The average molecular weight is 406 g/mol. The summed E-state index contributed by atoms with van der Waals surface area (Å²) in [6.07, 6.45) is 4.09. The molecule has 0 bridgehead atoms. The molecule has 2 unspecified atom stereocenters. The van der Waals surface area contributed by atoms with Crippen LogP contribution in [0.2, 0.25) is 0 Å². The van der Waals surface area contributed by atoms with Crippen LogP contribution < -0.4 is 5.32 Å². The van der Waals surface area contributed by atoms with E-state index in [1.807, 2.05) is 30.3 Å². The maximum absolute atomic E-state index is 14.1. The van der Waals surface area contributed by atoms with Crippen molar-refractivity contribution in [2.75, 3.05) is 0 Å². The van der Waals surface area contributed by atoms with E-state index in [4.69, 9.17) is 5.11 Å². The molecule has 0 aliphatic heterocycles. The van der Waals surface area contributed by atoms with Crippen LogP contribution in [0.5, 0.6) is 0 Å². The Balaban J connectivity index is 1.39. The van der Waals surface area contributed by atoms with Crippen LogP contribution in [0.4, 0.5) is 4.39 Å². The van der Waals surface area contributed by atoms with Crippen molar-refractivity contribution in [2.45, 2.75) is 57.0 Å². The number of carboxylic acid groups (broad SMARTS) is 1. The molecule has 0 aromatic heterocycles. The van der Waals surface area contributed by atoms with Crippen molar-refractivity contribution in [3.63, 3.8) is 0 Å². The van der Waals surface area contributed by atoms with E-state index in [1.165, 1.54) is 5.56 Å². The molecule has 0 saturated heterocycles. The van der Waals surface area contributed by atoms with Crippen molar-refractivity contribution in [3.05, 3.63) is 83.2 Å². The summed E-state index contributed by atoms with van der Waals surface area (Å²) in [4.78, 5) is 10.7. The lowest BCUT2D eigenvalue weighted by Crippen LogP contribution is -2.29. The predicted octanol–water partition coefficient (Wildman–Crippen LogP) is 5.98. The van der Waals surface area contributed by atoms with Crippen molar-refractivity contribution in [1.82, 2.24) is 5.32 Å². The summed E-state index contributed by atoms with van der Waals surface area (Å²) in [6, 6.07) is 20.2. The number of aryl methyl sites for hydroxylation is 1. The lowest BCUT2D eigenvalue weighted by Gasteiger charge is -2.22. The van der Waals surface area contributed by atoms with Crippen molar-refractivity contribution < 1.29 is 14.3 Å². The minimum absolute atomic E-state index is 0.151. The smallest absolute Gasteiger partial charge is 0.303 e. The van der Waals surface area contributed by atoms with Gasteiger partial charge in [0.1, 0.15) is 5.82 Å². The van der Waals surface area contributed by atoms with Gasteiger partial charge in [-0.1, -0.05) is 54.6 Å². The molecule has 3 nitrogen and oxygen atoms in total. The van der Waals surface area contributed by atoms with Gasteiger partial charge in [0.25, 0.3) is 0 Å². The second-order valence-corrected chi connectivity index (χ2v) is 8.41.